The molecular formula is C8H7BrF3N3O. The smallest absolute Gasteiger partial charge is 0.368 e. The number of alkyl halides is 3. The summed E-state index contributed by atoms with van der Waals surface area (Å²) in [5, 5.41) is 2.22. The van der Waals surface area contributed by atoms with Gasteiger partial charge >= 0.3 is 6.18 Å². The van der Waals surface area contributed by atoms with Crippen LogP contribution in [0, 0.1) is 0 Å². The number of nitrogens with zero attached hydrogens (tertiary/aromatic N) is 1. The minimum atomic E-state index is -4.54. The number of nitrogens with two attached hydrogens (primary N) is 1. The van der Waals surface area contributed by atoms with Gasteiger partial charge in [0.05, 0.1) is 12.1 Å². The molecule has 1 aromatic heterocycles. The molecule has 0 saturated carbocycles. The van der Waals surface area contributed by atoms with E-state index < -0.39 is 30.0 Å². The molecule has 1 amide bonds. The number of carbonyl (C=O) groups excluding carboxylic acids is 1. The number of anilines is 1. The third-order valence-electron chi connectivity index (χ3n) is 1.59. The molecule has 0 aromatic carbocycles. The normalized spacial score (nSPS) is 11.2. The topological polar surface area (TPSA) is 68.0 Å². The van der Waals surface area contributed by atoms with Gasteiger partial charge in [-0.2, -0.15) is 13.2 Å². The van der Waals surface area contributed by atoms with Crippen molar-refractivity contribution in [2.24, 2.45) is 5.73 Å². The Kier molecular flexibility index (Phi) is 3.74. The Bertz CT molecular complexity index is 408. The van der Waals surface area contributed by atoms with Crippen LogP contribution in [-0.4, -0.2) is 17.4 Å². The van der Waals surface area contributed by atoms with E-state index in [2.05, 4.69) is 26.2 Å². The zero-order valence-corrected chi connectivity index (χ0v) is 9.39. The third-order valence-corrected chi connectivity index (χ3v) is 2.02. The molecule has 4 nitrogen and oxygen atoms in total. The molecule has 0 fully saturated rings. The lowest BCUT2D eigenvalue weighted by atomic mass is 10.2. The predicted molar refractivity (Wildman–Crippen MR) is 54.6 cm³/mol. The van der Waals surface area contributed by atoms with Gasteiger partial charge in [-0.15, -0.1) is 0 Å². The summed E-state index contributed by atoms with van der Waals surface area (Å²) in [6, 6.07) is 0.871. The molecule has 0 aliphatic rings. The summed E-state index contributed by atoms with van der Waals surface area (Å²) in [7, 11) is 0. The second-order valence-electron chi connectivity index (χ2n) is 2.87. The maximum Gasteiger partial charge on any atom is 0.419 e. The average Bonchev–Trinajstić information content (AvgIpc) is 2.14. The van der Waals surface area contributed by atoms with Crippen LogP contribution in [0.4, 0.5) is 19.0 Å². The monoisotopic (exact) mass is 297 g/mol. The molecule has 0 atom stereocenters. The predicted octanol–water partition coefficient (Wildman–Crippen LogP) is 1.76. The van der Waals surface area contributed by atoms with Crippen molar-refractivity contribution in [3.8, 4) is 0 Å². The zero-order valence-electron chi connectivity index (χ0n) is 7.81. The van der Waals surface area contributed by atoms with E-state index in [1.54, 1.807) is 0 Å². The highest BCUT2D eigenvalue weighted by molar-refractivity contribution is 9.10. The van der Waals surface area contributed by atoms with Crippen LogP contribution < -0.4 is 11.1 Å². The van der Waals surface area contributed by atoms with Gasteiger partial charge in [0, 0.05) is 10.7 Å². The fourth-order valence-electron chi connectivity index (χ4n) is 0.967. The molecule has 0 bridgehead atoms. The third kappa shape index (κ3) is 3.37. The standard InChI is InChI=1S/C8H7BrF3N3O/c9-4-1-5(8(10,11)12)7(14-2-4)15-3-6(13)16/h1-2H,3H2,(H2,13,16)(H,14,15). The molecule has 88 valence electrons. The Morgan fingerprint density at radius 2 is 2.19 bits per heavy atom. The van der Waals surface area contributed by atoms with Crippen molar-refractivity contribution in [3.63, 3.8) is 0 Å². The number of hydrogen-bond donors (Lipinski definition) is 2. The summed E-state index contributed by atoms with van der Waals surface area (Å²) in [5.41, 5.74) is 3.85. The second kappa shape index (κ2) is 4.69. The van der Waals surface area contributed by atoms with Gasteiger partial charge in [-0.05, 0) is 22.0 Å². The first-order valence-corrected chi connectivity index (χ1v) is 4.85. The van der Waals surface area contributed by atoms with Gasteiger partial charge in [0.15, 0.2) is 0 Å². The molecular weight excluding hydrogens is 291 g/mol. The van der Waals surface area contributed by atoms with E-state index >= 15 is 0 Å². The Morgan fingerprint density at radius 1 is 1.56 bits per heavy atom. The summed E-state index contributed by atoms with van der Waals surface area (Å²) in [6.45, 7) is -0.405. The summed E-state index contributed by atoms with van der Waals surface area (Å²) in [6.07, 6.45) is -3.35. The highest BCUT2D eigenvalue weighted by Crippen LogP contribution is 2.35. The van der Waals surface area contributed by atoms with Crippen LogP contribution in [0.1, 0.15) is 5.56 Å². The Morgan fingerprint density at radius 3 is 2.69 bits per heavy atom. The molecule has 16 heavy (non-hydrogen) atoms. The van der Waals surface area contributed by atoms with Crippen LogP contribution in [0.3, 0.4) is 0 Å². The summed E-state index contributed by atoms with van der Waals surface area (Å²) >= 11 is 2.89. The molecule has 0 saturated heterocycles. The van der Waals surface area contributed by atoms with Crippen molar-refractivity contribution >= 4 is 27.7 Å². The van der Waals surface area contributed by atoms with Crippen molar-refractivity contribution in [3.05, 3.63) is 22.3 Å². The van der Waals surface area contributed by atoms with Gasteiger partial charge in [0.1, 0.15) is 5.82 Å². The van der Waals surface area contributed by atoms with E-state index in [-0.39, 0.29) is 4.47 Å². The number of aromatic nitrogens is 1. The highest BCUT2D eigenvalue weighted by Gasteiger charge is 2.34. The molecule has 0 aliphatic heterocycles. The minimum Gasteiger partial charge on any atom is -0.368 e. The van der Waals surface area contributed by atoms with Crippen LogP contribution >= 0.6 is 15.9 Å². The van der Waals surface area contributed by atoms with Gasteiger partial charge < -0.3 is 11.1 Å². The van der Waals surface area contributed by atoms with Gasteiger partial charge in [-0.1, -0.05) is 0 Å². The van der Waals surface area contributed by atoms with Gasteiger partial charge in [-0.3, -0.25) is 4.79 Å². The van der Waals surface area contributed by atoms with Crippen LogP contribution in [-0.2, 0) is 11.0 Å². The number of rotatable bonds is 3. The van der Waals surface area contributed by atoms with Gasteiger partial charge in [0.2, 0.25) is 5.91 Å². The fraction of sp³-hybridized carbons (Fsp3) is 0.250. The van der Waals surface area contributed by atoms with Crippen molar-refractivity contribution in [2.45, 2.75) is 6.18 Å². The summed E-state index contributed by atoms with van der Waals surface area (Å²) in [5.74, 6) is -1.19. The average molecular weight is 298 g/mol. The van der Waals surface area contributed by atoms with Crippen LogP contribution in [0.2, 0.25) is 0 Å². The van der Waals surface area contributed by atoms with Crippen molar-refractivity contribution in [1.82, 2.24) is 4.98 Å². The van der Waals surface area contributed by atoms with E-state index in [4.69, 9.17) is 5.73 Å². The number of hydrogen-bond acceptors (Lipinski definition) is 3. The molecule has 0 unspecified atom stereocenters. The lowest BCUT2D eigenvalue weighted by molar-refractivity contribution is -0.137. The quantitative estimate of drug-likeness (QED) is 0.893. The minimum absolute atomic E-state index is 0.199. The van der Waals surface area contributed by atoms with Crippen LogP contribution in [0.25, 0.3) is 0 Å². The van der Waals surface area contributed by atoms with Crippen LogP contribution in [0.5, 0.6) is 0 Å². The number of pyridine rings is 1. The Hall–Kier alpha value is -1.31. The highest BCUT2D eigenvalue weighted by atomic mass is 79.9. The lowest BCUT2D eigenvalue weighted by Crippen LogP contribution is -2.23. The van der Waals surface area contributed by atoms with E-state index in [1.165, 1.54) is 6.20 Å². The van der Waals surface area contributed by atoms with Crippen molar-refractivity contribution in [1.29, 1.82) is 0 Å². The van der Waals surface area contributed by atoms with E-state index in [0.29, 0.717) is 0 Å². The molecule has 1 rings (SSSR count). The van der Waals surface area contributed by atoms with Crippen LogP contribution in [0.15, 0.2) is 16.7 Å². The van der Waals surface area contributed by atoms with E-state index in [9.17, 15) is 18.0 Å². The largest absolute Gasteiger partial charge is 0.419 e. The van der Waals surface area contributed by atoms with E-state index in [1.807, 2.05) is 0 Å². The van der Waals surface area contributed by atoms with Gasteiger partial charge in [-0.25, -0.2) is 4.98 Å². The summed E-state index contributed by atoms with van der Waals surface area (Å²) in [4.78, 5) is 14.0. The number of amides is 1. The lowest BCUT2D eigenvalue weighted by Gasteiger charge is -2.12. The molecule has 3 N–H and O–H groups in total. The molecule has 8 heteroatoms. The summed E-state index contributed by atoms with van der Waals surface area (Å²) < 4.78 is 37.8. The maximum absolute atomic E-state index is 12.5. The molecule has 0 aliphatic carbocycles. The number of nitrogens with one attached hydrogen (secondary N) is 1. The number of carbonyl (C=O) groups is 1. The Labute approximate surface area is 97.2 Å². The Balaban J connectivity index is 3.03. The molecule has 0 spiro atoms. The first-order valence-electron chi connectivity index (χ1n) is 4.05. The first kappa shape index (κ1) is 12.8. The maximum atomic E-state index is 12.5. The first-order chi connectivity index (χ1) is 7.30. The molecule has 0 radical (unpaired) electrons. The number of halogens is 4. The van der Waals surface area contributed by atoms with Gasteiger partial charge in [0.25, 0.3) is 0 Å². The van der Waals surface area contributed by atoms with Crippen molar-refractivity contribution < 1.29 is 18.0 Å². The SMILES string of the molecule is NC(=O)CNc1ncc(Br)cc1C(F)(F)F. The zero-order chi connectivity index (χ0) is 12.3. The fourth-order valence-corrected chi connectivity index (χ4v) is 1.30. The second-order valence-corrected chi connectivity index (χ2v) is 3.78. The molecule has 1 aromatic rings. The van der Waals surface area contributed by atoms with Crippen molar-refractivity contribution in [2.75, 3.05) is 11.9 Å². The van der Waals surface area contributed by atoms with E-state index in [0.717, 1.165) is 6.07 Å². The molecule has 1 heterocycles. The number of primary amides is 1.